The van der Waals surface area contributed by atoms with Crippen LogP contribution in [-0.2, 0) is 0 Å². The zero-order valence-electron chi connectivity index (χ0n) is 10.0. The molecule has 1 atom stereocenters. The summed E-state index contributed by atoms with van der Waals surface area (Å²) in [6.45, 7) is 5.39. The van der Waals surface area contributed by atoms with Crippen LogP contribution in [-0.4, -0.2) is 13.2 Å². The molecule has 0 heterocycles. The molecule has 0 fully saturated rings. The molecule has 1 N–H and O–H groups in total. The quantitative estimate of drug-likeness (QED) is 0.844. The van der Waals surface area contributed by atoms with Crippen LogP contribution in [0.3, 0.4) is 0 Å². The van der Waals surface area contributed by atoms with Crippen molar-refractivity contribution in [3.05, 3.63) is 40.4 Å². The number of hydrogen-bond donors (Lipinski definition) is 1. The van der Waals surface area contributed by atoms with Crippen molar-refractivity contribution < 1.29 is 4.74 Å². The summed E-state index contributed by atoms with van der Waals surface area (Å²) >= 11 is 11.3. The molecule has 1 aromatic rings. The average molecular weight is 274 g/mol. The SMILES string of the molecule is CCNC(C)c1ccccc1OCC(Cl)=CCl. The normalized spacial score (nSPS) is 13.5. The zero-order chi connectivity index (χ0) is 12.7. The van der Waals surface area contributed by atoms with Gasteiger partial charge in [-0.3, -0.25) is 0 Å². The van der Waals surface area contributed by atoms with E-state index in [4.69, 9.17) is 27.9 Å². The van der Waals surface area contributed by atoms with Gasteiger partial charge in [0.1, 0.15) is 12.4 Å². The highest BCUT2D eigenvalue weighted by atomic mass is 35.5. The van der Waals surface area contributed by atoms with Crippen LogP contribution in [0, 0.1) is 0 Å². The summed E-state index contributed by atoms with van der Waals surface area (Å²) in [5.74, 6) is 0.831. The summed E-state index contributed by atoms with van der Waals surface area (Å²) in [4.78, 5) is 0. The van der Waals surface area contributed by atoms with Gasteiger partial charge < -0.3 is 10.1 Å². The molecule has 0 aromatic heterocycles. The second kappa shape index (κ2) is 7.59. The third kappa shape index (κ3) is 4.58. The largest absolute Gasteiger partial charge is 0.488 e. The molecule has 4 heteroatoms. The van der Waals surface area contributed by atoms with Gasteiger partial charge in [-0.05, 0) is 19.5 Å². The lowest BCUT2D eigenvalue weighted by atomic mass is 10.1. The molecule has 0 aliphatic carbocycles. The minimum atomic E-state index is 0.245. The molecule has 1 rings (SSSR count). The molecule has 1 aromatic carbocycles. The molecule has 0 saturated heterocycles. The van der Waals surface area contributed by atoms with Crippen LogP contribution in [0.2, 0.25) is 0 Å². The summed E-state index contributed by atoms with van der Waals surface area (Å²) in [5.41, 5.74) is 2.44. The van der Waals surface area contributed by atoms with Crippen molar-refractivity contribution in [2.45, 2.75) is 19.9 Å². The van der Waals surface area contributed by atoms with Crippen molar-refractivity contribution in [3.8, 4) is 5.75 Å². The molecule has 0 saturated carbocycles. The Balaban J connectivity index is 2.77. The minimum Gasteiger partial charge on any atom is -0.488 e. The number of halogens is 2. The van der Waals surface area contributed by atoms with Gasteiger partial charge in [0, 0.05) is 17.1 Å². The molecule has 0 radical (unpaired) electrons. The molecule has 0 aliphatic rings. The molecule has 0 aliphatic heterocycles. The Bertz CT molecular complexity index is 379. The van der Waals surface area contributed by atoms with Crippen LogP contribution in [0.25, 0.3) is 0 Å². The number of benzene rings is 1. The smallest absolute Gasteiger partial charge is 0.125 e. The Morgan fingerprint density at radius 2 is 2.18 bits per heavy atom. The molecule has 1 unspecified atom stereocenters. The highest BCUT2D eigenvalue weighted by Gasteiger charge is 2.10. The number of rotatable bonds is 6. The predicted molar refractivity (Wildman–Crippen MR) is 73.8 cm³/mol. The summed E-state index contributed by atoms with van der Waals surface area (Å²) in [6, 6.07) is 8.16. The van der Waals surface area contributed by atoms with Crippen molar-refractivity contribution in [1.82, 2.24) is 5.32 Å². The highest BCUT2D eigenvalue weighted by molar-refractivity contribution is 6.36. The number of hydrogen-bond acceptors (Lipinski definition) is 2. The van der Waals surface area contributed by atoms with Crippen LogP contribution in [0.4, 0.5) is 0 Å². The van der Waals surface area contributed by atoms with Gasteiger partial charge in [0.05, 0.1) is 5.03 Å². The van der Waals surface area contributed by atoms with E-state index in [0.29, 0.717) is 11.6 Å². The molecule has 94 valence electrons. The highest BCUT2D eigenvalue weighted by Crippen LogP contribution is 2.25. The summed E-state index contributed by atoms with van der Waals surface area (Å²) < 4.78 is 5.63. The Hall–Kier alpha value is -0.700. The van der Waals surface area contributed by atoms with E-state index in [-0.39, 0.29) is 6.04 Å². The number of nitrogens with one attached hydrogen (secondary N) is 1. The van der Waals surface area contributed by atoms with Gasteiger partial charge in [-0.25, -0.2) is 0 Å². The lowest BCUT2D eigenvalue weighted by molar-refractivity contribution is 0.351. The van der Waals surface area contributed by atoms with Gasteiger partial charge in [-0.15, -0.1) is 0 Å². The second-order valence-electron chi connectivity index (χ2n) is 3.66. The van der Waals surface area contributed by atoms with Crippen LogP contribution in [0.1, 0.15) is 25.5 Å². The van der Waals surface area contributed by atoms with E-state index in [1.807, 2.05) is 24.3 Å². The lowest BCUT2D eigenvalue weighted by Gasteiger charge is -2.17. The maximum Gasteiger partial charge on any atom is 0.125 e. The molecule has 17 heavy (non-hydrogen) atoms. The first-order chi connectivity index (χ1) is 8.19. The number of ether oxygens (including phenoxy) is 1. The topological polar surface area (TPSA) is 21.3 Å². The maximum atomic E-state index is 5.80. The fourth-order valence-electron chi connectivity index (χ4n) is 1.56. The van der Waals surface area contributed by atoms with Crippen LogP contribution in [0.15, 0.2) is 34.8 Å². The molecular formula is C13H17Cl2NO. The van der Waals surface area contributed by atoms with Crippen molar-refractivity contribution in [2.75, 3.05) is 13.2 Å². The first-order valence-corrected chi connectivity index (χ1v) is 6.40. The number of para-hydroxylation sites is 1. The van der Waals surface area contributed by atoms with Gasteiger partial charge in [0.25, 0.3) is 0 Å². The Labute approximate surface area is 113 Å². The Morgan fingerprint density at radius 3 is 2.82 bits per heavy atom. The van der Waals surface area contributed by atoms with E-state index in [9.17, 15) is 0 Å². The van der Waals surface area contributed by atoms with E-state index in [0.717, 1.165) is 17.9 Å². The molecule has 0 spiro atoms. The molecule has 2 nitrogen and oxygen atoms in total. The van der Waals surface area contributed by atoms with Crippen molar-refractivity contribution >= 4 is 23.2 Å². The summed E-state index contributed by atoms with van der Waals surface area (Å²) in [7, 11) is 0. The van der Waals surface area contributed by atoms with Crippen LogP contribution < -0.4 is 10.1 Å². The standard InChI is InChI=1S/C13H17Cl2NO/c1-3-16-10(2)12-6-4-5-7-13(12)17-9-11(15)8-14/h4-8,10,16H,3,9H2,1-2H3. The van der Waals surface area contributed by atoms with Gasteiger partial charge in [0.15, 0.2) is 0 Å². The maximum absolute atomic E-state index is 5.80. The fourth-order valence-corrected chi connectivity index (χ4v) is 1.68. The summed E-state index contributed by atoms with van der Waals surface area (Å²) in [6.07, 6.45) is 0. The predicted octanol–water partition coefficient (Wildman–Crippen LogP) is 4.05. The van der Waals surface area contributed by atoms with E-state index in [2.05, 4.69) is 19.2 Å². The fraction of sp³-hybridized carbons (Fsp3) is 0.385. The van der Waals surface area contributed by atoms with Crippen LogP contribution in [0.5, 0.6) is 5.75 Å². The first kappa shape index (κ1) is 14.4. The Morgan fingerprint density at radius 1 is 1.47 bits per heavy atom. The molecule has 0 bridgehead atoms. The molecular weight excluding hydrogens is 257 g/mol. The Kier molecular flexibility index (Phi) is 6.41. The van der Waals surface area contributed by atoms with Crippen molar-refractivity contribution in [1.29, 1.82) is 0 Å². The third-order valence-corrected chi connectivity index (χ3v) is 2.97. The van der Waals surface area contributed by atoms with Gasteiger partial charge in [-0.2, -0.15) is 0 Å². The van der Waals surface area contributed by atoms with E-state index < -0.39 is 0 Å². The van der Waals surface area contributed by atoms with Crippen molar-refractivity contribution in [2.24, 2.45) is 0 Å². The third-order valence-electron chi connectivity index (χ3n) is 2.38. The minimum absolute atomic E-state index is 0.245. The van der Waals surface area contributed by atoms with Crippen molar-refractivity contribution in [3.63, 3.8) is 0 Å². The monoisotopic (exact) mass is 273 g/mol. The second-order valence-corrected chi connectivity index (χ2v) is 4.37. The van der Waals surface area contributed by atoms with Gasteiger partial charge in [0.2, 0.25) is 0 Å². The lowest BCUT2D eigenvalue weighted by Crippen LogP contribution is -2.18. The molecule has 0 amide bonds. The van der Waals surface area contributed by atoms with E-state index in [1.54, 1.807) is 0 Å². The summed E-state index contributed by atoms with van der Waals surface area (Å²) in [5, 5.41) is 3.83. The van der Waals surface area contributed by atoms with Gasteiger partial charge >= 0.3 is 0 Å². The van der Waals surface area contributed by atoms with E-state index >= 15 is 0 Å². The first-order valence-electron chi connectivity index (χ1n) is 5.58. The van der Waals surface area contributed by atoms with Gasteiger partial charge in [-0.1, -0.05) is 48.3 Å². The zero-order valence-corrected chi connectivity index (χ0v) is 11.6. The average Bonchev–Trinajstić information content (AvgIpc) is 2.36. The van der Waals surface area contributed by atoms with E-state index in [1.165, 1.54) is 5.54 Å². The van der Waals surface area contributed by atoms with Crippen LogP contribution >= 0.6 is 23.2 Å².